The maximum Gasteiger partial charge on any atom is 0.265 e. The summed E-state index contributed by atoms with van der Waals surface area (Å²) in [6.45, 7) is 7.51. The zero-order chi connectivity index (χ0) is 15.3. The van der Waals surface area contributed by atoms with E-state index in [1.54, 1.807) is 6.26 Å². The lowest BCUT2D eigenvalue weighted by molar-refractivity contribution is 0.0948. The fourth-order valence-corrected chi connectivity index (χ4v) is 3.60. The Morgan fingerprint density at radius 1 is 1.50 bits per heavy atom. The third kappa shape index (κ3) is 4.45. The summed E-state index contributed by atoms with van der Waals surface area (Å²) in [5, 5.41) is 3.55. The smallest absolute Gasteiger partial charge is 0.265 e. The highest BCUT2D eigenvalue weighted by atomic mass is 32.2. The van der Waals surface area contributed by atoms with Crippen LogP contribution in [0.25, 0.3) is 0 Å². The van der Waals surface area contributed by atoms with E-state index >= 15 is 0 Å². The molecule has 0 saturated heterocycles. The van der Waals surface area contributed by atoms with E-state index in [2.05, 4.69) is 10.3 Å². The second kappa shape index (κ2) is 7.58. The van der Waals surface area contributed by atoms with Gasteiger partial charge in [-0.1, -0.05) is 11.3 Å². The summed E-state index contributed by atoms with van der Waals surface area (Å²) in [6.07, 6.45) is 1.61. The van der Waals surface area contributed by atoms with E-state index in [9.17, 15) is 9.00 Å². The van der Waals surface area contributed by atoms with Gasteiger partial charge in [0.1, 0.15) is 10.7 Å². The van der Waals surface area contributed by atoms with E-state index in [4.69, 9.17) is 5.73 Å². The van der Waals surface area contributed by atoms with Gasteiger partial charge in [0.25, 0.3) is 5.91 Å². The summed E-state index contributed by atoms with van der Waals surface area (Å²) < 4.78 is 11.1. The number of thiazole rings is 1. The second-order valence-corrected chi connectivity index (χ2v) is 6.95. The molecule has 1 aromatic rings. The first-order valence-corrected chi connectivity index (χ1v) is 9.05. The average Bonchev–Trinajstić information content (AvgIpc) is 2.71. The molecule has 114 valence electrons. The predicted molar refractivity (Wildman–Crippen MR) is 85.9 cm³/mol. The van der Waals surface area contributed by atoms with Crippen LogP contribution in [0.5, 0.6) is 0 Å². The van der Waals surface area contributed by atoms with Crippen LogP contribution in [0, 0.1) is 0 Å². The molecule has 1 heterocycles. The number of hydrogen-bond donors (Lipinski definition) is 2. The molecule has 0 aliphatic heterocycles. The number of amides is 1. The van der Waals surface area contributed by atoms with E-state index in [1.165, 1.54) is 11.3 Å². The highest BCUT2D eigenvalue weighted by Crippen LogP contribution is 2.27. The van der Waals surface area contributed by atoms with Gasteiger partial charge in [0.05, 0.1) is 0 Å². The number of nitrogens with one attached hydrogen (secondary N) is 1. The Kier molecular flexibility index (Phi) is 6.41. The van der Waals surface area contributed by atoms with Crippen LogP contribution in [0.3, 0.4) is 0 Å². The average molecular weight is 318 g/mol. The van der Waals surface area contributed by atoms with Gasteiger partial charge in [-0.25, -0.2) is 4.98 Å². The van der Waals surface area contributed by atoms with Crippen LogP contribution in [0.1, 0.15) is 30.4 Å². The Balaban J connectivity index is 2.81. The molecule has 2 atom stereocenters. The number of nitrogens with two attached hydrogens (primary N) is 1. The molecule has 20 heavy (non-hydrogen) atoms. The van der Waals surface area contributed by atoms with Crippen LogP contribution in [0.2, 0.25) is 0 Å². The van der Waals surface area contributed by atoms with Crippen molar-refractivity contribution < 1.29 is 9.00 Å². The molecule has 0 fully saturated rings. The monoisotopic (exact) mass is 318 g/mol. The summed E-state index contributed by atoms with van der Waals surface area (Å²) in [4.78, 5) is 18.8. The minimum absolute atomic E-state index is 0.160. The summed E-state index contributed by atoms with van der Waals surface area (Å²) >= 11 is 1.29. The first-order valence-electron chi connectivity index (χ1n) is 6.51. The molecule has 0 spiro atoms. The maximum absolute atomic E-state index is 12.1. The van der Waals surface area contributed by atoms with E-state index in [0.717, 1.165) is 18.2 Å². The van der Waals surface area contributed by atoms with Crippen LogP contribution < -0.4 is 16.0 Å². The normalized spacial score (nSPS) is 13.8. The second-order valence-electron chi connectivity index (χ2n) is 4.50. The SMILES string of the molecule is CCN(CC)c1nc(N)c(C(=O)NC(C)CS(C)=O)s1. The minimum atomic E-state index is -0.945. The van der Waals surface area contributed by atoms with Crippen LogP contribution in [0.15, 0.2) is 0 Å². The molecule has 8 heteroatoms. The van der Waals surface area contributed by atoms with E-state index in [-0.39, 0.29) is 17.8 Å². The molecule has 1 rings (SSSR count). The van der Waals surface area contributed by atoms with Crippen molar-refractivity contribution in [1.29, 1.82) is 0 Å². The largest absolute Gasteiger partial charge is 0.382 e. The molecule has 0 bridgehead atoms. The van der Waals surface area contributed by atoms with Gasteiger partial charge in [-0.05, 0) is 20.8 Å². The number of nitrogens with zero attached hydrogens (tertiary/aromatic N) is 2. The third-order valence-electron chi connectivity index (χ3n) is 2.74. The summed E-state index contributed by atoms with van der Waals surface area (Å²) in [6, 6.07) is -0.160. The van der Waals surface area contributed by atoms with Crippen molar-refractivity contribution in [1.82, 2.24) is 10.3 Å². The topological polar surface area (TPSA) is 88.3 Å². The highest BCUT2D eigenvalue weighted by molar-refractivity contribution is 7.84. The van der Waals surface area contributed by atoms with Crippen LogP contribution in [-0.2, 0) is 10.8 Å². The third-order valence-corrected chi connectivity index (χ3v) is 4.84. The number of rotatable bonds is 7. The van der Waals surface area contributed by atoms with Gasteiger partial charge >= 0.3 is 0 Å². The fourth-order valence-electron chi connectivity index (χ4n) is 1.80. The summed E-state index contributed by atoms with van der Waals surface area (Å²) in [7, 11) is -0.945. The van der Waals surface area contributed by atoms with Crippen molar-refractivity contribution in [2.45, 2.75) is 26.8 Å². The molecule has 0 aromatic carbocycles. The number of nitrogen functional groups attached to an aromatic ring is 1. The fraction of sp³-hybridized carbons (Fsp3) is 0.667. The lowest BCUT2D eigenvalue weighted by atomic mass is 10.3. The number of carbonyl (C=O) groups is 1. The van der Waals surface area contributed by atoms with Gasteiger partial charge in [0.15, 0.2) is 5.13 Å². The van der Waals surface area contributed by atoms with E-state index in [0.29, 0.717) is 10.6 Å². The first kappa shape index (κ1) is 16.9. The van der Waals surface area contributed by atoms with Gasteiger partial charge in [-0.3, -0.25) is 9.00 Å². The van der Waals surface area contributed by atoms with Gasteiger partial charge in [-0.2, -0.15) is 0 Å². The van der Waals surface area contributed by atoms with Crippen molar-refractivity contribution in [2.24, 2.45) is 0 Å². The Morgan fingerprint density at radius 2 is 2.10 bits per heavy atom. The van der Waals surface area contributed by atoms with E-state index < -0.39 is 10.8 Å². The molecule has 0 aliphatic rings. The molecule has 2 unspecified atom stereocenters. The van der Waals surface area contributed by atoms with Gasteiger partial charge in [0.2, 0.25) is 0 Å². The molecule has 3 N–H and O–H groups in total. The van der Waals surface area contributed by atoms with Crippen molar-refractivity contribution in [3.63, 3.8) is 0 Å². The molecular formula is C12H22N4O2S2. The molecule has 1 aromatic heterocycles. The molecular weight excluding hydrogens is 296 g/mol. The van der Waals surface area contributed by atoms with Gasteiger partial charge in [-0.15, -0.1) is 0 Å². The number of aromatic nitrogens is 1. The predicted octanol–water partition coefficient (Wildman–Crippen LogP) is 1.07. The standard InChI is InChI=1S/C12H22N4O2S2/c1-5-16(6-2)12-15-10(13)9(19-12)11(17)14-8(3)7-20(4)18/h8H,5-7,13H2,1-4H3,(H,14,17). The number of carbonyl (C=O) groups excluding carboxylic acids is 1. The maximum atomic E-state index is 12.1. The quantitative estimate of drug-likeness (QED) is 0.785. The molecule has 0 saturated carbocycles. The lowest BCUT2D eigenvalue weighted by Crippen LogP contribution is -2.36. The zero-order valence-electron chi connectivity index (χ0n) is 12.3. The van der Waals surface area contributed by atoms with E-state index in [1.807, 2.05) is 25.7 Å². The number of anilines is 2. The Morgan fingerprint density at radius 3 is 2.60 bits per heavy atom. The van der Waals surface area contributed by atoms with Crippen molar-refractivity contribution in [3.8, 4) is 0 Å². The van der Waals surface area contributed by atoms with Crippen LogP contribution >= 0.6 is 11.3 Å². The van der Waals surface area contributed by atoms with Gasteiger partial charge in [0, 0.05) is 41.9 Å². The van der Waals surface area contributed by atoms with Crippen LogP contribution in [-0.4, -0.2) is 46.2 Å². The molecule has 1 amide bonds. The van der Waals surface area contributed by atoms with Crippen molar-refractivity contribution >= 4 is 39.0 Å². The van der Waals surface area contributed by atoms with Crippen molar-refractivity contribution in [3.05, 3.63) is 4.88 Å². The summed E-state index contributed by atoms with van der Waals surface area (Å²) in [5.74, 6) is 0.420. The zero-order valence-corrected chi connectivity index (χ0v) is 13.9. The van der Waals surface area contributed by atoms with Gasteiger partial charge < -0.3 is 16.0 Å². The lowest BCUT2D eigenvalue weighted by Gasteiger charge is -2.16. The first-order chi connectivity index (χ1) is 9.38. The molecule has 0 aliphatic carbocycles. The Hall–Kier alpha value is -1.15. The Bertz CT molecular complexity index is 486. The highest BCUT2D eigenvalue weighted by Gasteiger charge is 2.20. The van der Waals surface area contributed by atoms with Crippen molar-refractivity contribution in [2.75, 3.05) is 35.7 Å². The number of hydrogen-bond acceptors (Lipinski definition) is 6. The molecule has 6 nitrogen and oxygen atoms in total. The summed E-state index contributed by atoms with van der Waals surface area (Å²) in [5.41, 5.74) is 5.82. The minimum Gasteiger partial charge on any atom is -0.382 e. The van der Waals surface area contributed by atoms with Crippen LogP contribution in [0.4, 0.5) is 10.9 Å². The Labute approximate surface area is 126 Å². The molecule has 0 radical (unpaired) electrons.